The Morgan fingerprint density at radius 2 is 1.75 bits per heavy atom. The minimum absolute atomic E-state index is 0.212. The highest BCUT2D eigenvalue weighted by Crippen LogP contribution is 2.37. The number of anilines is 1. The van der Waals surface area contributed by atoms with E-state index in [1.165, 1.54) is 25.7 Å². The van der Waals surface area contributed by atoms with E-state index in [1.807, 2.05) is 18.3 Å². The zero-order valence-corrected chi connectivity index (χ0v) is 15.7. The standard InChI is InChI=1S/C19H26BrN3O/c20-17-6-3-9-21-18(17)22-10-7-14(8-11-22)19(24)23-12-15-4-1-2-5-16(15)13-23/h3,6,9,14-16H,1-2,4-5,7-8,10-13H2. The number of nitrogens with zero attached hydrogens (tertiary/aromatic N) is 3. The molecule has 2 aliphatic heterocycles. The molecule has 2 atom stereocenters. The molecule has 5 heteroatoms. The van der Waals surface area contributed by atoms with E-state index in [-0.39, 0.29) is 5.92 Å². The van der Waals surface area contributed by atoms with Gasteiger partial charge in [0, 0.05) is 38.3 Å². The average Bonchev–Trinajstić information content (AvgIpc) is 3.06. The molecular weight excluding hydrogens is 366 g/mol. The summed E-state index contributed by atoms with van der Waals surface area (Å²) in [5.74, 6) is 3.21. The van der Waals surface area contributed by atoms with Gasteiger partial charge in [-0.05, 0) is 65.6 Å². The molecule has 4 rings (SSSR count). The molecule has 1 aromatic heterocycles. The van der Waals surface area contributed by atoms with Crippen LogP contribution >= 0.6 is 15.9 Å². The fraction of sp³-hybridized carbons (Fsp3) is 0.684. The van der Waals surface area contributed by atoms with E-state index in [4.69, 9.17) is 0 Å². The third kappa shape index (κ3) is 3.19. The van der Waals surface area contributed by atoms with Gasteiger partial charge in [0.2, 0.25) is 5.91 Å². The molecule has 1 aromatic rings. The quantitative estimate of drug-likeness (QED) is 0.770. The molecule has 2 unspecified atom stereocenters. The third-order valence-corrected chi connectivity index (χ3v) is 6.79. The van der Waals surface area contributed by atoms with Gasteiger partial charge < -0.3 is 9.80 Å². The lowest BCUT2D eigenvalue weighted by atomic mass is 9.82. The zero-order valence-electron chi connectivity index (χ0n) is 14.2. The van der Waals surface area contributed by atoms with Crippen molar-refractivity contribution in [2.24, 2.45) is 17.8 Å². The van der Waals surface area contributed by atoms with E-state index in [1.54, 1.807) is 0 Å². The minimum Gasteiger partial charge on any atom is -0.356 e. The molecule has 3 aliphatic rings. The molecule has 0 spiro atoms. The molecular formula is C19H26BrN3O. The Hall–Kier alpha value is -1.10. The molecule has 3 heterocycles. The SMILES string of the molecule is O=C(C1CCN(c2ncccc2Br)CC1)N1CC2CCCCC2C1. The summed E-state index contributed by atoms with van der Waals surface area (Å²) in [7, 11) is 0. The highest BCUT2D eigenvalue weighted by molar-refractivity contribution is 9.10. The Kier molecular flexibility index (Phi) is 4.79. The van der Waals surface area contributed by atoms with Gasteiger partial charge in [-0.15, -0.1) is 0 Å². The van der Waals surface area contributed by atoms with E-state index in [0.29, 0.717) is 5.91 Å². The van der Waals surface area contributed by atoms with E-state index in [9.17, 15) is 4.79 Å². The minimum atomic E-state index is 0.212. The number of carbonyl (C=O) groups excluding carboxylic acids is 1. The van der Waals surface area contributed by atoms with Crippen LogP contribution in [0.5, 0.6) is 0 Å². The highest BCUT2D eigenvalue weighted by atomic mass is 79.9. The van der Waals surface area contributed by atoms with Crippen molar-refractivity contribution in [2.75, 3.05) is 31.1 Å². The molecule has 0 aromatic carbocycles. The molecule has 130 valence electrons. The number of fused-ring (bicyclic) bond motifs is 1. The Morgan fingerprint density at radius 1 is 1.08 bits per heavy atom. The van der Waals surface area contributed by atoms with E-state index < -0.39 is 0 Å². The van der Waals surface area contributed by atoms with Crippen LogP contribution in [0.15, 0.2) is 22.8 Å². The number of hydrogen-bond acceptors (Lipinski definition) is 3. The van der Waals surface area contributed by atoms with Crippen molar-refractivity contribution < 1.29 is 4.79 Å². The average molecular weight is 392 g/mol. The number of halogens is 1. The first-order valence-electron chi connectivity index (χ1n) is 9.36. The van der Waals surface area contributed by atoms with Crippen molar-refractivity contribution in [3.63, 3.8) is 0 Å². The van der Waals surface area contributed by atoms with Crippen LogP contribution in [-0.2, 0) is 4.79 Å². The van der Waals surface area contributed by atoms with Crippen molar-refractivity contribution in [3.05, 3.63) is 22.8 Å². The highest BCUT2D eigenvalue weighted by Gasteiger charge is 2.39. The van der Waals surface area contributed by atoms with Crippen LogP contribution in [0.4, 0.5) is 5.82 Å². The molecule has 3 fully saturated rings. The van der Waals surface area contributed by atoms with Crippen LogP contribution in [0.3, 0.4) is 0 Å². The molecule has 4 nitrogen and oxygen atoms in total. The first kappa shape index (κ1) is 16.4. The Labute approximate surface area is 152 Å². The molecule has 1 amide bonds. The summed E-state index contributed by atoms with van der Waals surface area (Å²) >= 11 is 3.59. The summed E-state index contributed by atoms with van der Waals surface area (Å²) in [4.78, 5) is 21.9. The fourth-order valence-electron chi connectivity index (χ4n) is 4.79. The van der Waals surface area contributed by atoms with Crippen LogP contribution < -0.4 is 4.90 Å². The first-order chi connectivity index (χ1) is 11.7. The van der Waals surface area contributed by atoms with Gasteiger partial charge in [0.05, 0.1) is 4.47 Å². The predicted octanol–water partition coefficient (Wildman–Crippen LogP) is 3.71. The third-order valence-electron chi connectivity index (χ3n) is 6.17. The monoisotopic (exact) mass is 391 g/mol. The van der Waals surface area contributed by atoms with Crippen molar-refractivity contribution in [1.29, 1.82) is 0 Å². The van der Waals surface area contributed by atoms with E-state index in [0.717, 1.165) is 61.1 Å². The molecule has 24 heavy (non-hydrogen) atoms. The van der Waals surface area contributed by atoms with Crippen molar-refractivity contribution >= 4 is 27.7 Å². The van der Waals surface area contributed by atoms with E-state index >= 15 is 0 Å². The largest absolute Gasteiger partial charge is 0.356 e. The summed E-state index contributed by atoms with van der Waals surface area (Å²) < 4.78 is 1.04. The Morgan fingerprint density at radius 3 is 2.38 bits per heavy atom. The second-order valence-electron chi connectivity index (χ2n) is 7.62. The van der Waals surface area contributed by atoms with Gasteiger partial charge in [-0.2, -0.15) is 0 Å². The molecule has 2 saturated heterocycles. The van der Waals surface area contributed by atoms with Gasteiger partial charge in [0.25, 0.3) is 0 Å². The van der Waals surface area contributed by atoms with Gasteiger partial charge in [0.1, 0.15) is 5.82 Å². The Balaban J connectivity index is 1.34. The number of pyridine rings is 1. The smallest absolute Gasteiger partial charge is 0.225 e. The van der Waals surface area contributed by atoms with Crippen LogP contribution in [0.1, 0.15) is 38.5 Å². The van der Waals surface area contributed by atoms with Crippen LogP contribution in [0.2, 0.25) is 0 Å². The zero-order chi connectivity index (χ0) is 16.5. The van der Waals surface area contributed by atoms with Crippen LogP contribution in [-0.4, -0.2) is 42.0 Å². The molecule has 1 aliphatic carbocycles. The molecule has 0 N–H and O–H groups in total. The number of carbonyl (C=O) groups is 1. The number of aromatic nitrogens is 1. The number of rotatable bonds is 2. The van der Waals surface area contributed by atoms with Gasteiger partial charge in [-0.25, -0.2) is 4.98 Å². The van der Waals surface area contributed by atoms with Crippen molar-refractivity contribution in [3.8, 4) is 0 Å². The van der Waals surface area contributed by atoms with Crippen molar-refractivity contribution in [2.45, 2.75) is 38.5 Å². The number of piperidine rings is 1. The van der Waals surface area contributed by atoms with Gasteiger partial charge >= 0.3 is 0 Å². The lowest BCUT2D eigenvalue weighted by Gasteiger charge is -2.34. The number of hydrogen-bond donors (Lipinski definition) is 0. The maximum absolute atomic E-state index is 12.9. The number of amides is 1. The molecule has 0 radical (unpaired) electrons. The van der Waals surface area contributed by atoms with Crippen LogP contribution in [0, 0.1) is 17.8 Å². The Bertz CT molecular complexity index is 586. The fourth-order valence-corrected chi connectivity index (χ4v) is 5.30. The lowest BCUT2D eigenvalue weighted by molar-refractivity contribution is -0.135. The summed E-state index contributed by atoms with van der Waals surface area (Å²) in [5, 5.41) is 0. The van der Waals surface area contributed by atoms with E-state index in [2.05, 4.69) is 30.7 Å². The first-order valence-corrected chi connectivity index (χ1v) is 10.2. The normalized spacial score (nSPS) is 28.0. The maximum Gasteiger partial charge on any atom is 0.225 e. The van der Waals surface area contributed by atoms with Gasteiger partial charge in [-0.3, -0.25) is 4.79 Å². The summed E-state index contributed by atoms with van der Waals surface area (Å²) in [6.45, 7) is 3.89. The summed E-state index contributed by atoms with van der Waals surface area (Å²) in [5.41, 5.74) is 0. The van der Waals surface area contributed by atoms with Gasteiger partial charge in [-0.1, -0.05) is 12.8 Å². The topological polar surface area (TPSA) is 36.4 Å². The van der Waals surface area contributed by atoms with Crippen molar-refractivity contribution in [1.82, 2.24) is 9.88 Å². The number of likely N-dealkylation sites (tertiary alicyclic amines) is 1. The lowest BCUT2D eigenvalue weighted by Crippen LogP contribution is -2.42. The van der Waals surface area contributed by atoms with Gasteiger partial charge in [0.15, 0.2) is 0 Å². The molecule has 0 bridgehead atoms. The second kappa shape index (κ2) is 7.03. The maximum atomic E-state index is 12.9. The second-order valence-corrected chi connectivity index (χ2v) is 8.47. The summed E-state index contributed by atoms with van der Waals surface area (Å²) in [6, 6.07) is 3.97. The van der Waals surface area contributed by atoms with Crippen LogP contribution in [0.25, 0.3) is 0 Å². The molecule has 1 saturated carbocycles. The summed E-state index contributed by atoms with van der Waals surface area (Å²) in [6.07, 6.45) is 9.13. The predicted molar refractivity (Wildman–Crippen MR) is 98.9 cm³/mol.